The molecule has 0 radical (unpaired) electrons. The van der Waals surface area contributed by atoms with Crippen molar-refractivity contribution in [3.05, 3.63) is 102 Å². The number of aromatic nitrogens is 3. The van der Waals surface area contributed by atoms with E-state index in [2.05, 4.69) is 47.2 Å². The largest absolute Gasteiger partial charge is 0.495 e. The molecule has 6 rings (SSSR count). The molecular formula is C37H39Br2N8O6+. The number of hydrogen-bond donors (Lipinski definition) is 1. The average Bonchev–Trinajstić information content (AvgIpc) is 3.60. The number of likely N-dealkylation sites (tertiary alicyclic amines) is 1. The first-order chi connectivity index (χ1) is 25.4. The highest BCUT2D eigenvalue weighted by molar-refractivity contribution is 9.11. The number of anilines is 2. The minimum Gasteiger partial charge on any atom is -0.495 e. The number of amides is 1. The Morgan fingerprint density at radius 3 is 2.42 bits per heavy atom. The van der Waals surface area contributed by atoms with E-state index in [9.17, 15) is 19.7 Å². The van der Waals surface area contributed by atoms with Crippen molar-refractivity contribution in [1.29, 1.82) is 0 Å². The monoisotopic (exact) mass is 849 g/mol. The Balaban J connectivity index is 1.28. The van der Waals surface area contributed by atoms with Crippen molar-refractivity contribution >= 4 is 66.7 Å². The number of hydrogen-bond acceptors (Lipinski definition) is 10. The van der Waals surface area contributed by atoms with Gasteiger partial charge >= 0.3 is 5.82 Å². The molecule has 14 nitrogen and oxygen atoms in total. The Morgan fingerprint density at radius 1 is 1.09 bits per heavy atom. The van der Waals surface area contributed by atoms with Crippen LogP contribution >= 0.6 is 31.9 Å². The second kappa shape index (κ2) is 16.0. The first-order valence-corrected chi connectivity index (χ1v) is 18.5. The number of pyridine rings is 1. The van der Waals surface area contributed by atoms with Crippen LogP contribution in [0.25, 0.3) is 22.2 Å². The lowest BCUT2D eigenvalue weighted by Crippen LogP contribution is -2.42. The Labute approximate surface area is 322 Å². The van der Waals surface area contributed by atoms with Crippen LogP contribution in [0.2, 0.25) is 0 Å². The Morgan fingerprint density at radius 2 is 1.77 bits per heavy atom. The van der Waals surface area contributed by atoms with Crippen molar-refractivity contribution in [3.8, 4) is 22.6 Å². The molecule has 4 heterocycles. The van der Waals surface area contributed by atoms with Gasteiger partial charge in [0.2, 0.25) is 11.9 Å². The normalized spacial score (nSPS) is 15.1. The molecule has 4 aromatic rings. The number of nitrogens with zero attached hydrogens (tertiary/aromatic N) is 7. The maximum atomic E-state index is 14.7. The predicted octanol–water partition coefficient (Wildman–Crippen LogP) is 6.50. The maximum absolute atomic E-state index is 14.7. The zero-order valence-corrected chi connectivity index (χ0v) is 32.9. The van der Waals surface area contributed by atoms with Crippen molar-refractivity contribution in [2.75, 3.05) is 59.8 Å². The summed E-state index contributed by atoms with van der Waals surface area (Å²) in [7, 11) is 7.02. The number of halogens is 2. The van der Waals surface area contributed by atoms with E-state index in [0.717, 1.165) is 5.69 Å². The summed E-state index contributed by atoms with van der Waals surface area (Å²) >= 11 is 7.32. The second-order valence-corrected chi connectivity index (χ2v) is 15.0. The molecule has 276 valence electrons. The standard InChI is InChI=1S/C37H38Br2N8O6/c1-47(2,22-23-12-15-40-34(23)46(50)51)18-8-11-30(48)44-16-13-26(14-17-44)45-35-24(21-41-37(43-35)42-25-9-6-5-7-10-25)19-27(36(45)49)31-32(38)28(52-3)20-29(53-4)33(31)39/h5-11,15,19-21,26H,12-14,16-18,22H2,1-4H3/p+1/b11-8+. The number of carbonyl (C=O) groups excluding carboxylic acids is 1. The Bertz CT molecular complexity index is 2180. The molecule has 0 saturated carbocycles. The zero-order valence-electron chi connectivity index (χ0n) is 29.7. The molecule has 1 amide bonds. The summed E-state index contributed by atoms with van der Waals surface area (Å²) in [5, 5.41) is 15.2. The van der Waals surface area contributed by atoms with Gasteiger partial charge in [0.05, 0.1) is 54.9 Å². The van der Waals surface area contributed by atoms with Gasteiger partial charge in [0, 0.05) is 60.5 Å². The minimum absolute atomic E-state index is 0.0878. The summed E-state index contributed by atoms with van der Waals surface area (Å²) in [6, 6.07) is 12.8. The molecule has 0 bridgehead atoms. The van der Waals surface area contributed by atoms with Crippen LogP contribution in [-0.4, -0.2) is 95.5 Å². The predicted molar refractivity (Wildman–Crippen MR) is 210 cm³/mol. The fourth-order valence-electron chi connectivity index (χ4n) is 6.68. The number of ether oxygens (including phenoxy) is 2. The number of benzene rings is 2. The number of nitrogens with one attached hydrogen (secondary N) is 1. The van der Waals surface area contributed by atoms with Gasteiger partial charge in [-0.25, -0.2) is 4.98 Å². The lowest BCUT2D eigenvalue weighted by atomic mass is 10.0. The number of fused-ring (bicyclic) bond motifs is 1. The summed E-state index contributed by atoms with van der Waals surface area (Å²) in [5.41, 5.74) is 2.66. The number of rotatable bonds is 12. The third-order valence-corrected chi connectivity index (χ3v) is 10.9. The van der Waals surface area contributed by atoms with Gasteiger partial charge < -0.3 is 34.3 Å². The van der Waals surface area contributed by atoms with E-state index in [0.29, 0.717) is 104 Å². The molecule has 2 aromatic carbocycles. The molecule has 0 atom stereocenters. The fraction of sp³-hybridized carbons (Fsp3) is 0.324. The summed E-state index contributed by atoms with van der Waals surface area (Å²) in [5.74, 6) is 1.13. The second-order valence-electron chi connectivity index (χ2n) is 13.4. The van der Waals surface area contributed by atoms with Gasteiger partial charge in [-0.15, -0.1) is 0 Å². The minimum atomic E-state index is -0.448. The van der Waals surface area contributed by atoms with Crippen LogP contribution in [0.15, 0.2) is 90.9 Å². The number of piperidine rings is 1. The SMILES string of the molecule is COc1cc(OC)c(Br)c(-c2cc3cnc(Nc4ccccc4)nc3n(C3CCN(C(=O)/C=C/C[N+](C)(C)CC4=C([N+](=O)[O-])N=CC4)CC3)c2=O)c1Br. The third kappa shape index (κ3) is 8.19. The number of quaternary nitrogens is 1. The molecule has 1 saturated heterocycles. The van der Waals surface area contributed by atoms with E-state index in [-0.39, 0.29) is 23.3 Å². The van der Waals surface area contributed by atoms with Crippen LogP contribution in [0.1, 0.15) is 25.3 Å². The van der Waals surface area contributed by atoms with Crippen molar-refractivity contribution in [2.45, 2.75) is 25.3 Å². The molecule has 1 N–H and O–H groups in total. The van der Waals surface area contributed by atoms with Gasteiger partial charge in [-0.2, -0.15) is 4.98 Å². The third-order valence-electron chi connectivity index (χ3n) is 9.31. The molecule has 2 aliphatic rings. The fourth-order valence-corrected chi connectivity index (χ4v) is 8.32. The van der Waals surface area contributed by atoms with E-state index in [1.807, 2.05) is 50.5 Å². The van der Waals surface area contributed by atoms with Gasteiger partial charge in [0.1, 0.15) is 29.9 Å². The number of nitro groups is 1. The number of methoxy groups -OCH3 is 2. The summed E-state index contributed by atoms with van der Waals surface area (Å²) in [4.78, 5) is 54.0. The molecule has 0 spiro atoms. The summed E-state index contributed by atoms with van der Waals surface area (Å²) in [6.45, 7) is 1.82. The van der Waals surface area contributed by atoms with E-state index in [4.69, 9.17) is 14.5 Å². The van der Waals surface area contributed by atoms with E-state index < -0.39 is 4.92 Å². The molecule has 2 aliphatic heterocycles. The molecular weight excluding hydrogens is 812 g/mol. The van der Waals surface area contributed by atoms with Crippen LogP contribution in [0, 0.1) is 10.1 Å². The zero-order chi connectivity index (χ0) is 37.9. The van der Waals surface area contributed by atoms with Crippen LogP contribution in [0.3, 0.4) is 0 Å². The van der Waals surface area contributed by atoms with Crippen LogP contribution in [0.4, 0.5) is 11.6 Å². The highest BCUT2D eigenvalue weighted by Gasteiger charge is 2.30. The number of carbonyl (C=O) groups is 1. The lowest BCUT2D eigenvalue weighted by Gasteiger charge is -2.33. The van der Waals surface area contributed by atoms with Gasteiger partial charge in [-0.05, 0) is 73.9 Å². The highest BCUT2D eigenvalue weighted by Crippen LogP contribution is 2.46. The van der Waals surface area contributed by atoms with Gasteiger partial charge in [0.15, 0.2) is 0 Å². The molecule has 16 heteroatoms. The molecule has 1 fully saturated rings. The smallest absolute Gasteiger partial charge is 0.368 e. The van der Waals surface area contributed by atoms with Crippen molar-refractivity contribution < 1.29 is 23.7 Å². The first kappa shape index (κ1) is 37.8. The molecule has 0 aliphatic carbocycles. The first-order valence-electron chi connectivity index (χ1n) is 16.9. The lowest BCUT2D eigenvalue weighted by molar-refractivity contribution is -0.880. The Kier molecular flexibility index (Phi) is 11.4. The van der Waals surface area contributed by atoms with Crippen molar-refractivity contribution in [2.24, 2.45) is 4.99 Å². The van der Waals surface area contributed by atoms with E-state index >= 15 is 0 Å². The van der Waals surface area contributed by atoms with Crippen LogP contribution in [-0.2, 0) is 4.79 Å². The van der Waals surface area contributed by atoms with E-state index in [1.54, 1.807) is 54.3 Å². The van der Waals surface area contributed by atoms with Crippen LogP contribution < -0.4 is 20.3 Å². The van der Waals surface area contributed by atoms with Crippen molar-refractivity contribution in [1.82, 2.24) is 19.4 Å². The van der Waals surface area contributed by atoms with Gasteiger partial charge in [0.25, 0.3) is 5.56 Å². The van der Waals surface area contributed by atoms with Gasteiger partial charge in [-0.1, -0.05) is 23.2 Å². The number of aliphatic imine (C=N–C) groups is 1. The highest BCUT2D eigenvalue weighted by atomic mass is 79.9. The molecule has 0 unspecified atom stereocenters. The summed E-state index contributed by atoms with van der Waals surface area (Å²) < 4.78 is 14.5. The number of para-hydroxylation sites is 1. The van der Waals surface area contributed by atoms with Crippen molar-refractivity contribution in [3.63, 3.8) is 0 Å². The summed E-state index contributed by atoms with van der Waals surface area (Å²) in [6.07, 6.45) is 8.13. The Hall–Kier alpha value is -4.93. The average molecular weight is 852 g/mol. The van der Waals surface area contributed by atoms with Gasteiger partial charge in [-0.3, -0.25) is 14.2 Å². The molecule has 53 heavy (non-hydrogen) atoms. The quantitative estimate of drug-likeness (QED) is 0.0728. The topological polar surface area (TPSA) is 154 Å². The molecule has 2 aromatic heterocycles. The maximum Gasteiger partial charge on any atom is 0.368 e. The van der Waals surface area contributed by atoms with E-state index in [1.165, 1.54) is 0 Å². The number of likely N-dealkylation sites (N-methyl/N-ethyl adjacent to an activating group) is 1. The van der Waals surface area contributed by atoms with Crippen LogP contribution in [0.5, 0.6) is 11.5 Å².